The topological polar surface area (TPSA) is 75.4 Å². The smallest absolute Gasteiger partial charge is 0.225 e. The number of hydrogen-bond acceptors (Lipinski definition) is 5. The molecule has 1 aliphatic heterocycles. The fourth-order valence-corrected chi connectivity index (χ4v) is 3.42. The van der Waals surface area contributed by atoms with Crippen LogP contribution >= 0.6 is 11.6 Å². The Kier molecular flexibility index (Phi) is 4.71. The van der Waals surface area contributed by atoms with Crippen LogP contribution in [0, 0.1) is 5.92 Å². The minimum atomic E-state index is -0.0703. The van der Waals surface area contributed by atoms with Gasteiger partial charge in [0, 0.05) is 37.9 Å². The highest BCUT2D eigenvalue weighted by atomic mass is 35.5. The number of rotatable bonds is 4. The van der Waals surface area contributed by atoms with Gasteiger partial charge in [-0.3, -0.25) is 4.79 Å². The largest absolute Gasteiger partial charge is 0.350 e. The lowest BCUT2D eigenvalue weighted by Crippen LogP contribution is -2.43. The Hall–Kier alpha value is -2.67. The summed E-state index contributed by atoms with van der Waals surface area (Å²) in [7, 11) is 0. The van der Waals surface area contributed by atoms with Gasteiger partial charge in [0.1, 0.15) is 5.65 Å². The van der Waals surface area contributed by atoms with Gasteiger partial charge in [0.15, 0.2) is 0 Å². The molecule has 1 atom stereocenters. The zero-order valence-electron chi connectivity index (χ0n) is 14.2. The van der Waals surface area contributed by atoms with Gasteiger partial charge in [-0.05, 0) is 31.0 Å². The van der Waals surface area contributed by atoms with Crippen LogP contribution in [-0.2, 0) is 11.3 Å². The average Bonchev–Trinajstić information content (AvgIpc) is 3.09. The third-order valence-corrected chi connectivity index (χ3v) is 4.76. The second kappa shape index (κ2) is 7.29. The lowest BCUT2D eigenvalue weighted by atomic mass is 9.97. The first-order valence-corrected chi connectivity index (χ1v) is 8.99. The van der Waals surface area contributed by atoms with E-state index < -0.39 is 0 Å². The van der Waals surface area contributed by atoms with E-state index in [0.717, 1.165) is 30.7 Å². The molecule has 1 N–H and O–H groups in total. The highest BCUT2D eigenvalue weighted by molar-refractivity contribution is 6.30. The maximum atomic E-state index is 12.6. The molecule has 0 aliphatic carbocycles. The van der Waals surface area contributed by atoms with E-state index in [-0.39, 0.29) is 11.8 Å². The molecule has 0 radical (unpaired) electrons. The van der Waals surface area contributed by atoms with Gasteiger partial charge in [-0.2, -0.15) is 0 Å². The molecule has 7 nitrogen and oxygen atoms in total. The van der Waals surface area contributed by atoms with Crippen molar-refractivity contribution < 1.29 is 4.79 Å². The highest BCUT2D eigenvalue weighted by Crippen LogP contribution is 2.20. The standard InChI is InChI=1S/C18H19ClN6O/c19-14-4-5-16-23-15(12-25(16)11-14)9-22-17(26)13-3-1-8-24(10-13)18-20-6-2-7-21-18/h2,4-7,11-13H,1,3,8-10H2,(H,22,26). The minimum absolute atomic E-state index is 0.0423. The van der Waals surface area contributed by atoms with Crippen LogP contribution in [0.1, 0.15) is 18.5 Å². The van der Waals surface area contributed by atoms with Gasteiger partial charge in [-0.15, -0.1) is 0 Å². The summed E-state index contributed by atoms with van der Waals surface area (Å²) in [6.45, 7) is 1.91. The van der Waals surface area contributed by atoms with Crippen molar-refractivity contribution in [2.24, 2.45) is 5.92 Å². The molecular weight excluding hydrogens is 352 g/mol. The van der Waals surface area contributed by atoms with Crippen LogP contribution in [0.15, 0.2) is 43.0 Å². The molecule has 1 aliphatic rings. The number of carbonyl (C=O) groups excluding carboxylic acids is 1. The number of pyridine rings is 1. The van der Waals surface area contributed by atoms with Gasteiger partial charge in [0.2, 0.25) is 11.9 Å². The van der Waals surface area contributed by atoms with E-state index >= 15 is 0 Å². The minimum Gasteiger partial charge on any atom is -0.350 e. The number of imidazole rings is 1. The number of hydrogen-bond donors (Lipinski definition) is 1. The fourth-order valence-electron chi connectivity index (χ4n) is 3.25. The normalized spacial score (nSPS) is 17.4. The van der Waals surface area contributed by atoms with Crippen molar-refractivity contribution >= 4 is 29.1 Å². The van der Waals surface area contributed by atoms with Crippen molar-refractivity contribution in [3.63, 3.8) is 0 Å². The van der Waals surface area contributed by atoms with E-state index in [9.17, 15) is 4.79 Å². The van der Waals surface area contributed by atoms with Crippen LogP contribution in [0.5, 0.6) is 0 Å². The highest BCUT2D eigenvalue weighted by Gasteiger charge is 2.26. The summed E-state index contributed by atoms with van der Waals surface area (Å²) in [5.41, 5.74) is 1.61. The molecule has 1 fully saturated rings. The van der Waals surface area contributed by atoms with Gasteiger partial charge in [-0.25, -0.2) is 15.0 Å². The van der Waals surface area contributed by atoms with Crippen LogP contribution in [0.2, 0.25) is 5.02 Å². The van der Waals surface area contributed by atoms with Gasteiger partial charge in [-0.1, -0.05) is 11.6 Å². The number of nitrogens with one attached hydrogen (secondary N) is 1. The first-order valence-electron chi connectivity index (χ1n) is 8.62. The first-order chi connectivity index (χ1) is 12.7. The Morgan fingerprint density at radius 3 is 2.96 bits per heavy atom. The molecular formula is C18H19ClN6O. The predicted octanol–water partition coefficient (Wildman–Crippen LogP) is 2.31. The second-order valence-corrected chi connectivity index (χ2v) is 6.83. The third kappa shape index (κ3) is 3.62. The molecule has 0 aromatic carbocycles. The first kappa shape index (κ1) is 16.8. The molecule has 4 heterocycles. The number of carbonyl (C=O) groups is 1. The molecule has 1 saturated heterocycles. The molecule has 1 unspecified atom stereocenters. The molecule has 3 aromatic heterocycles. The lowest BCUT2D eigenvalue weighted by Gasteiger charge is -2.31. The van der Waals surface area contributed by atoms with E-state index in [1.807, 2.05) is 16.7 Å². The van der Waals surface area contributed by atoms with Gasteiger partial charge in [0.05, 0.1) is 23.2 Å². The van der Waals surface area contributed by atoms with Crippen LogP contribution in [0.3, 0.4) is 0 Å². The molecule has 4 rings (SSSR count). The number of fused-ring (bicyclic) bond motifs is 1. The van der Waals surface area contributed by atoms with Crippen molar-refractivity contribution in [2.45, 2.75) is 19.4 Å². The molecule has 3 aromatic rings. The SMILES string of the molecule is O=C(NCc1cn2cc(Cl)ccc2n1)C1CCCN(c2ncccn2)C1. The van der Waals surface area contributed by atoms with E-state index in [4.69, 9.17) is 11.6 Å². The molecule has 26 heavy (non-hydrogen) atoms. The van der Waals surface area contributed by atoms with Gasteiger partial charge in [0.25, 0.3) is 0 Å². The Morgan fingerprint density at radius 1 is 1.27 bits per heavy atom. The number of nitrogens with zero attached hydrogens (tertiary/aromatic N) is 5. The number of amides is 1. The number of anilines is 1. The van der Waals surface area contributed by atoms with Crippen molar-refractivity contribution in [3.8, 4) is 0 Å². The average molecular weight is 371 g/mol. The fraction of sp³-hybridized carbons (Fsp3) is 0.333. The Labute approximate surface area is 156 Å². The predicted molar refractivity (Wildman–Crippen MR) is 99.0 cm³/mol. The Balaban J connectivity index is 1.38. The summed E-state index contributed by atoms with van der Waals surface area (Å²) < 4.78 is 1.86. The van der Waals surface area contributed by atoms with Crippen molar-refractivity contribution in [3.05, 3.63) is 53.7 Å². The molecule has 134 valence electrons. The monoisotopic (exact) mass is 370 g/mol. The zero-order valence-corrected chi connectivity index (χ0v) is 14.9. The molecule has 8 heteroatoms. The van der Waals surface area contributed by atoms with Crippen molar-refractivity contribution in [1.29, 1.82) is 0 Å². The van der Waals surface area contributed by atoms with Crippen LogP contribution in [-0.4, -0.2) is 38.3 Å². The summed E-state index contributed by atoms with van der Waals surface area (Å²) in [5, 5.41) is 3.65. The maximum Gasteiger partial charge on any atom is 0.225 e. The van der Waals surface area contributed by atoms with E-state index in [1.54, 1.807) is 30.7 Å². The molecule has 1 amide bonds. The maximum absolute atomic E-state index is 12.6. The molecule has 0 spiro atoms. The van der Waals surface area contributed by atoms with E-state index in [1.165, 1.54) is 0 Å². The van der Waals surface area contributed by atoms with Crippen LogP contribution < -0.4 is 10.2 Å². The van der Waals surface area contributed by atoms with Crippen LogP contribution in [0.25, 0.3) is 5.65 Å². The van der Waals surface area contributed by atoms with Crippen molar-refractivity contribution in [2.75, 3.05) is 18.0 Å². The van der Waals surface area contributed by atoms with E-state index in [2.05, 4.69) is 25.2 Å². The second-order valence-electron chi connectivity index (χ2n) is 6.40. The van der Waals surface area contributed by atoms with Gasteiger partial charge >= 0.3 is 0 Å². The summed E-state index contributed by atoms with van der Waals surface area (Å²) >= 11 is 5.99. The summed E-state index contributed by atoms with van der Waals surface area (Å²) in [6.07, 6.45) is 8.95. The lowest BCUT2D eigenvalue weighted by molar-refractivity contribution is -0.125. The third-order valence-electron chi connectivity index (χ3n) is 4.54. The molecule has 0 bridgehead atoms. The summed E-state index contributed by atoms with van der Waals surface area (Å²) in [4.78, 5) is 27.7. The van der Waals surface area contributed by atoms with Crippen molar-refractivity contribution in [1.82, 2.24) is 24.7 Å². The van der Waals surface area contributed by atoms with Gasteiger partial charge < -0.3 is 14.6 Å². The molecule has 0 saturated carbocycles. The number of piperidine rings is 1. The van der Waals surface area contributed by atoms with Crippen LogP contribution in [0.4, 0.5) is 5.95 Å². The Morgan fingerprint density at radius 2 is 2.12 bits per heavy atom. The summed E-state index contributed by atoms with van der Waals surface area (Å²) in [6, 6.07) is 5.45. The quantitative estimate of drug-likeness (QED) is 0.762. The number of aromatic nitrogens is 4. The van der Waals surface area contributed by atoms with E-state index in [0.29, 0.717) is 24.1 Å². The zero-order chi connectivity index (χ0) is 17.9. The summed E-state index contributed by atoms with van der Waals surface area (Å²) in [5.74, 6) is 0.655. The Bertz CT molecular complexity index is 912. The number of halogens is 1.